The van der Waals surface area contributed by atoms with Crippen LogP contribution in [0.5, 0.6) is 0 Å². The van der Waals surface area contributed by atoms with E-state index in [0.29, 0.717) is 13.1 Å². The summed E-state index contributed by atoms with van der Waals surface area (Å²) in [6.45, 7) is 4.66. The molecular weight excluding hydrogens is 429 g/mol. The standard InChI is InChI=1S/C20H30FN3O4S2/c1-15(19(28-4)12-23(3)13-20-22-9-10-29-20)11-24(16(2)14-25)30(26,27)18-7-5-17(21)6-8-18/h5-10,15-16,19,25H,11-14H2,1-4H3/t15-,16-,19-/m1/s1. The third-order valence-corrected chi connectivity index (χ3v) is 7.72. The molecule has 2 rings (SSSR count). The molecule has 1 heterocycles. The van der Waals surface area contributed by atoms with Crippen LogP contribution in [0.4, 0.5) is 4.39 Å². The molecule has 0 aliphatic heterocycles. The van der Waals surface area contributed by atoms with E-state index in [0.717, 1.165) is 17.1 Å². The highest BCUT2D eigenvalue weighted by Gasteiger charge is 2.32. The van der Waals surface area contributed by atoms with E-state index in [2.05, 4.69) is 9.88 Å². The SMILES string of the molecule is CO[C@H](CN(C)Cc1nccs1)[C@H](C)CN([C@H](C)CO)S(=O)(=O)c1ccc(F)cc1. The van der Waals surface area contributed by atoms with Crippen molar-refractivity contribution >= 4 is 21.4 Å². The zero-order valence-corrected chi connectivity index (χ0v) is 19.4. The van der Waals surface area contributed by atoms with Crippen LogP contribution >= 0.6 is 11.3 Å². The van der Waals surface area contributed by atoms with Crippen molar-refractivity contribution in [2.24, 2.45) is 5.92 Å². The van der Waals surface area contributed by atoms with Crippen LogP contribution in [-0.2, 0) is 21.3 Å². The third-order valence-electron chi connectivity index (χ3n) is 4.96. The largest absolute Gasteiger partial charge is 0.395 e. The van der Waals surface area contributed by atoms with Crippen molar-refractivity contribution in [3.05, 3.63) is 46.7 Å². The van der Waals surface area contributed by atoms with Crippen LogP contribution in [0.3, 0.4) is 0 Å². The average Bonchev–Trinajstić information content (AvgIpc) is 3.22. The molecule has 2 aromatic rings. The summed E-state index contributed by atoms with van der Waals surface area (Å²) in [5.74, 6) is -0.662. The molecule has 0 spiro atoms. The lowest BCUT2D eigenvalue weighted by molar-refractivity contribution is 0.0221. The van der Waals surface area contributed by atoms with Gasteiger partial charge in [0.25, 0.3) is 0 Å². The lowest BCUT2D eigenvalue weighted by Crippen LogP contribution is -2.46. The van der Waals surface area contributed by atoms with E-state index in [-0.39, 0.29) is 30.1 Å². The number of likely N-dealkylation sites (N-methyl/N-ethyl adjacent to an activating group) is 1. The highest BCUT2D eigenvalue weighted by molar-refractivity contribution is 7.89. The first kappa shape index (κ1) is 24.8. The summed E-state index contributed by atoms with van der Waals surface area (Å²) in [5.41, 5.74) is 0. The molecule has 0 aliphatic rings. The molecule has 0 radical (unpaired) electrons. The lowest BCUT2D eigenvalue weighted by Gasteiger charge is -2.33. The van der Waals surface area contributed by atoms with Gasteiger partial charge >= 0.3 is 0 Å². The second-order valence-corrected chi connectivity index (χ2v) is 10.3. The van der Waals surface area contributed by atoms with Crippen LogP contribution in [0.1, 0.15) is 18.9 Å². The Morgan fingerprint density at radius 2 is 1.90 bits per heavy atom. The number of aliphatic hydroxyl groups excluding tert-OH is 1. The van der Waals surface area contributed by atoms with Crippen molar-refractivity contribution in [3.8, 4) is 0 Å². The van der Waals surface area contributed by atoms with E-state index in [1.165, 1.54) is 16.4 Å². The molecule has 0 fully saturated rings. The predicted molar refractivity (Wildman–Crippen MR) is 115 cm³/mol. The van der Waals surface area contributed by atoms with Crippen LogP contribution in [0.2, 0.25) is 0 Å². The summed E-state index contributed by atoms with van der Waals surface area (Å²) in [6, 6.07) is 4.07. The smallest absolute Gasteiger partial charge is 0.243 e. The van der Waals surface area contributed by atoms with E-state index in [1.54, 1.807) is 31.6 Å². The molecule has 30 heavy (non-hydrogen) atoms. The minimum absolute atomic E-state index is 0.00810. The Morgan fingerprint density at radius 1 is 1.23 bits per heavy atom. The van der Waals surface area contributed by atoms with Crippen molar-refractivity contribution in [3.63, 3.8) is 0 Å². The fraction of sp³-hybridized carbons (Fsp3) is 0.550. The molecule has 0 aliphatic carbocycles. The minimum Gasteiger partial charge on any atom is -0.395 e. The quantitative estimate of drug-likeness (QED) is 0.525. The number of aliphatic hydroxyl groups is 1. The van der Waals surface area contributed by atoms with Gasteiger partial charge in [0.1, 0.15) is 10.8 Å². The van der Waals surface area contributed by atoms with Gasteiger partial charge in [0.05, 0.1) is 24.2 Å². The number of hydrogen-bond donors (Lipinski definition) is 1. The summed E-state index contributed by atoms with van der Waals surface area (Å²) in [7, 11) is -0.341. The first-order valence-electron chi connectivity index (χ1n) is 9.67. The maximum atomic E-state index is 13.2. The summed E-state index contributed by atoms with van der Waals surface area (Å²) in [5, 5.41) is 12.6. The molecule has 1 aromatic carbocycles. The van der Waals surface area contributed by atoms with Gasteiger partial charge in [-0.3, -0.25) is 4.90 Å². The van der Waals surface area contributed by atoms with Crippen molar-refractivity contribution in [2.75, 3.05) is 33.9 Å². The fourth-order valence-corrected chi connectivity index (χ4v) is 5.59. The van der Waals surface area contributed by atoms with E-state index in [4.69, 9.17) is 4.74 Å². The van der Waals surface area contributed by atoms with Crippen LogP contribution in [0, 0.1) is 11.7 Å². The van der Waals surface area contributed by atoms with E-state index in [9.17, 15) is 17.9 Å². The average molecular weight is 460 g/mol. The van der Waals surface area contributed by atoms with Crippen molar-refractivity contribution in [2.45, 2.75) is 37.4 Å². The second kappa shape index (κ2) is 11.3. The van der Waals surface area contributed by atoms with Gasteiger partial charge in [0.2, 0.25) is 10.0 Å². The normalized spacial score (nSPS) is 15.5. The molecule has 0 bridgehead atoms. The highest BCUT2D eigenvalue weighted by atomic mass is 32.2. The number of hydrogen-bond acceptors (Lipinski definition) is 7. The molecular formula is C20H30FN3O4S2. The van der Waals surface area contributed by atoms with Crippen molar-refractivity contribution in [1.29, 1.82) is 0 Å². The maximum absolute atomic E-state index is 13.2. The Bertz CT molecular complexity index is 863. The molecule has 1 aromatic heterocycles. The van der Waals surface area contributed by atoms with Gasteiger partial charge in [-0.15, -0.1) is 11.3 Å². The number of sulfonamides is 1. The summed E-state index contributed by atoms with van der Waals surface area (Å²) in [4.78, 5) is 6.36. The Kier molecular flexibility index (Phi) is 9.32. The first-order chi connectivity index (χ1) is 14.2. The zero-order valence-electron chi connectivity index (χ0n) is 17.7. The number of aromatic nitrogens is 1. The number of benzene rings is 1. The van der Waals surface area contributed by atoms with Crippen molar-refractivity contribution < 1.29 is 22.7 Å². The molecule has 10 heteroatoms. The highest BCUT2D eigenvalue weighted by Crippen LogP contribution is 2.22. The van der Waals surface area contributed by atoms with Gasteiger partial charge in [-0.2, -0.15) is 4.31 Å². The van der Waals surface area contributed by atoms with E-state index in [1.807, 2.05) is 19.4 Å². The van der Waals surface area contributed by atoms with Crippen molar-refractivity contribution in [1.82, 2.24) is 14.2 Å². The maximum Gasteiger partial charge on any atom is 0.243 e. The summed E-state index contributed by atoms with van der Waals surface area (Å²) >= 11 is 1.58. The monoisotopic (exact) mass is 459 g/mol. The molecule has 0 amide bonds. The number of rotatable bonds is 12. The molecule has 3 atom stereocenters. The van der Waals surface area contributed by atoms with E-state index < -0.39 is 21.9 Å². The fourth-order valence-electron chi connectivity index (χ4n) is 3.17. The van der Waals surface area contributed by atoms with Crippen LogP contribution in [0.15, 0.2) is 40.7 Å². The van der Waals surface area contributed by atoms with Gasteiger partial charge in [0, 0.05) is 37.8 Å². The molecule has 0 saturated carbocycles. The zero-order chi connectivity index (χ0) is 22.3. The van der Waals surface area contributed by atoms with Crippen LogP contribution in [0.25, 0.3) is 0 Å². The molecule has 7 nitrogen and oxygen atoms in total. The number of nitrogens with zero attached hydrogens (tertiary/aromatic N) is 3. The minimum atomic E-state index is -3.91. The Labute approximate surface area is 182 Å². The lowest BCUT2D eigenvalue weighted by atomic mass is 10.0. The molecule has 168 valence electrons. The first-order valence-corrected chi connectivity index (χ1v) is 12.0. The van der Waals surface area contributed by atoms with Crippen LogP contribution in [-0.4, -0.2) is 73.7 Å². The topological polar surface area (TPSA) is 83.0 Å². The molecule has 0 unspecified atom stereocenters. The second-order valence-electron chi connectivity index (χ2n) is 7.43. The Balaban J connectivity index is 2.14. The van der Waals surface area contributed by atoms with Gasteiger partial charge in [0.15, 0.2) is 0 Å². The van der Waals surface area contributed by atoms with Gasteiger partial charge in [-0.1, -0.05) is 6.92 Å². The van der Waals surface area contributed by atoms with Gasteiger partial charge in [-0.25, -0.2) is 17.8 Å². The molecule has 1 N–H and O–H groups in total. The number of thiazole rings is 1. The van der Waals surface area contributed by atoms with Gasteiger partial charge in [-0.05, 0) is 44.2 Å². The number of ether oxygens (including phenoxy) is 1. The number of halogens is 1. The van der Waals surface area contributed by atoms with E-state index >= 15 is 0 Å². The Hall–Kier alpha value is -1.43. The summed E-state index contributed by atoms with van der Waals surface area (Å²) in [6.07, 6.45) is 1.53. The Morgan fingerprint density at radius 3 is 2.43 bits per heavy atom. The third kappa shape index (κ3) is 6.53. The number of methoxy groups -OCH3 is 1. The molecule has 0 saturated heterocycles. The summed E-state index contributed by atoms with van der Waals surface area (Å²) < 4.78 is 46.5. The predicted octanol–water partition coefficient (Wildman–Crippen LogP) is 2.44. The van der Waals surface area contributed by atoms with Crippen LogP contribution < -0.4 is 0 Å². The van der Waals surface area contributed by atoms with Gasteiger partial charge < -0.3 is 9.84 Å².